The second-order valence-corrected chi connectivity index (χ2v) is 5.69. The number of benzene rings is 1. The standard InChI is InChI=1S/C13H17N3S/c1-9-4-6-10(7-5-9)12-11(8-16(2)3)17-13(14)15-12/h4-7H,8H2,1-3H3,(H2,14,15)/p+1. The first-order valence-corrected chi connectivity index (χ1v) is 6.49. The molecule has 3 N–H and O–H groups in total. The maximum Gasteiger partial charge on any atom is 0.181 e. The molecule has 1 aromatic heterocycles. The molecule has 1 aromatic carbocycles. The molecular formula is C13H18N3S+. The van der Waals surface area contributed by atoms with Gasteiger partial charge in [-0.05, 0) is 6.92 Å². The average molecular weight is 248 g/mol. The van der Waals surface area contributed by atoms with Gasteiger partial charge >= 0.3 is 0 Å². The second kappa shape index (κ2) is 4.85. The van der Waals surface area contributed by atoms with E-state index in [-0.39, 0.29) is 0 Å². The lowest BCUT2D eigenvalue weighted by Gasteiger charge is -2.07. The molecule has 2 aromatic rings. The molecule has 0 aliphatic rings. The molecule has 0 unspecified atom stereocenters. The highest BCUT2D eigenvalue weighted by Crippen LogP contribution is 2.29. The minimum atomic E-state index is 0.650. The maximum absolute atomic E-state index is 5.82. The van der Waals surface area contributed by atoms with E-state index in [1.54, 1.807) is 11.3 Å². The summed E-state index contributed by atoms with van der Waals surface area (Å²) in [5.74, 6) is 0. The molecule has 17 heavy (non-hydrogen) atoms. The van der Waals surface area contributed by atoms with Crippen LogP contribution in [-0.2, 0) is 6.54 Å². The van der Waals surface area contributed by atoms with Gasteiger partial charge in [0.2, 0.25) is 0 Å². The highest BCUT2D eigenvalue weighted by Gasteiger charge is 2.13. The van der Waals surface area contributed by atoms with Crippen molar-refractivity contribution in [1.82, 2.24) is 4.98 Å². The Hall–Kier alpha value is -1.39. The zero-order valence-electron chi connectivity index (χ0n) is 10.4. The van der Waals surface area contributed by atoms with Crippen molar-refractivity contribution in [3.8, 4) is 11.3 Å². The summed E-state index contributed by atoms with van der Waals surface area (Å²) in [4.78, 5) is 7.08. The van der Waals surface area contributed by atoms with Gasteiger partial charge in [-0.25, -0.2) is 4.98 Å². The summed E-state index contributed by atoms with van der Waals surface area (Å²) < 4.78 is 0. The summed E-state index contributed by atoms with van der Waals surface area (Å²) in [6.07, 6.45) is 0. The van der Waals surface area contributed by atoms with Crippen LogP contribution >= 0.6 is 11.3 Å². The van der Waals surface area contributed by atoms with E-state index < -0.39 is 0 Å². The van der Waals surface area contributed by atoms with Gasteiger partial charge < -0.3 is 10.6 Å². The van der Waals surface area contributed by atoms with Crippen molar-refractivity contribution < 1.29 is 4.90 Å². The molecule has 4 heteroatoms. The summed E-state index contributed by atoms with van der Waals surface area (Å²) in [5.41, 5.74) is 9.27. The van der Waals surface area contributed by atoms with Crippen LogP contribution in [0.3, 0.4) is 0 Å². The molecular weight excluding hydrogens is 230 g/mol. The predicted molar refractivity (Wildman–Crippen MR) is 73.2 cm³/mol. The number of nitrogens with two attached hydrogens (primary N) is 1. The molecule has 0 spiro atoms. The Kier molecular flexibility index (Phi) is 3.45. The Morgan fingerprint density at radius 2 is 1.88 bits per heavy atom. The van der Waals surface area contributed by atoms with Crippen LogP contribution in [0.25, 0.3) is 11.3 Å². The number of nitrogens with zero attached hydrogens (tertiary/aromatic N) is 1. The number of thiazole rings is 1. The fraction of sp³-hybridized carbons (Fsp3) is 0.308. The quantitative estimate of drug-likeness (QED) is 0.861. The molecule has 0 saturated heterocycles. The van der Waals surface area contributed by atoms with Crippen molar-refractivity contribution in [2.24, 2.45) is 0 Å². The van der Waals surface area contributed by atoms with E-state index in [1.165, 1.54) is 15.3 Å². The Bertz CT molecular complexity index is 500. The highest BCUT2D eigenvalue weighted by atomic mass is 32.1. The van der Waals surface area contributed by atoms with E-state index in [1.807, 2.05) is 0 Å². The van der Waals surface area contributed by atoms with Crippen LogP contribution in [0, 0.1) is 6.92 Å². The summed E-state index contributed by atoms with van der Waals surface area (Å²) in [6.45, 7) is 3.04. The summed E-state index contributed by atoms with van der Waals surface area (Å²) in [5, 5.41) is 0.650. The van der Waals surface area contributed by atoms with Crippen molar-refractivity contribution in [3.63, 3.8) is 0 Å². The maximum atomic E-state index is 5.82. The Morgan fingerprint density at radius 3 is 2.47 bits per heavy atom. The van der Waals surface area contributed by atoms with Crippen molar-refractivity contribution in [2.45, 2.75) is 13.5 Å². The number of nitrogens with one attached hydrogen (secondary N) is 1. The largest absolute Gasteiger partial charge is 0.375 e. The van der Waals surface area contributed by atoms with Crippen molar-refractivity contribution in [2.75, 3.05) is 19.8 Å². The van der Waals surface area contributed by atoms with Crippen LogP contribution in [0.4, 0.5) is 5.13 Å². The van der Waals surface area contributed by atoms with Crippen LogP contribution in [0.5, 0.6) is 0 Å². The van der Waals surface area contributed by atoms with Gasteiger partial charge in [-0.15, -0.1) is 0 Å². The lowest BCUT2D eigenvalue weighted by molar-refractivity contribution is -0.872. The molecule has 1 heterocycles. The van der Waals surface area contributed by atoms with Crippen LogP contribution < -0.4 is 10.6 Å². The van der Waals surface area contributed by atoms with E-state index in [4.69, 9.17) is 5.73 Å². The van der Waals surface area contributed by atoms with Gasteiger partial charge in [0, 0.05) is 5.56 Å². The molecule has 0 atom stereocenters. The van der Waals surface area contributed by atoms with E-state index in [0.717, 1.165) is 17.8 Å². The van der Waals surface area contributed by atoms with Crippen molar-refractivity contribution in [3.05, 3.63) is 34.7 Å². The third kappa shape index (κ3) is 2.84. The number of quaternary nitrogens is 1. The van der Waals surface area contributed by atoms with Gasteiger partial charge in [0.25, 0.3) is 0 Å². The van der Waals surface area contributed by atoms with Gasteiger partial charge in [-0.2, -0.15) is 0 Å². The normalized spacial score (nSPS) is 11.1. The van der Waals surface area contributed by atoms with Crippen LogP contribution in [0.1, 0.15) is 10.4 Å². The molecule has 0 amide bonds. The lowest BCUT2D eigenvalue weighted by Crippen LogP contribution is -3.04. The Morgan fingerprint density at radius 1 is 1.24 bits per heavy atom. The summed E-state index contributed by atoms with van der Waals surface area (Å²) in [6, 6.07) is 8.44. The van der Waals surface area contributed by atoms with Crippen LogP contribution in [-0.4, -0.2) is 19.1 Å². The van der Waals surface area contributed by atoms with Gasteiger partial charge in [0.05, 0.1) is 24.7 Å². The fourth-order valence-electron chi connectivity index (χ4n) is 1.75. The van der Waals surface area contributed by atoms with Gasteiger partial charge in [0.1, 0.15) is 6.54 Å². The zero-order chi connectivity index (χ0) is 12.4. The second-order valence-electron chi connectivity index (χ2n) is 4.57. The predicted octanol–water partition coefficient (Wildman–Crippen LogP) is 1.35. The first-order chi connectivity index (χ1) is 8.06. The number of aryl methyl sites for hydroxylation is 1. The number of hydrogen-bond donors (Lipinski definition) is 2. The molecule has 0 aliphatic carbocycles. The van der Waals surface area contributed by atoms with Crippen LogP contribution in [0.2, 0.25) is 0 Å². The smallest absolute Gasteiger partial charge is 0.181 e. The Labute approximate surface area is 106 Å². The number of aromatic nitrogens is 1. The van der Waals surface area contributed by atoms with E-state index >= 15 is 0 Å². The van der Waals surface area contributed by atoms with Crippen LogP contribution in [0.15, 0.2) is 24.3 Å². The average Bonchev–Trinajstić information content (AvgIpc) is 2.59. The first-order valence-electron chi connectivity index (χ1n) is 5.67. The number of anilines is 1. The van der Waals surface area contributed by atoms with E-state index in [0.29, 0.717) is 5.13 Å². The molecule has 3 nitrogen and oxygen atoms in total. The SMILES string of the molecule is Cc1ccc(-c2nc(N)sc2C[NH+](C)C)cc1. The molecule has 0 fully saturated rings. The molecule has 0 saturated carbocycles. The van der Waals surface area contributed by atoms with Gasteiger partial charge in [-0.3, -0.25) is 0 Å². The Balaban J connectivity index is 2.40. The minimum Gasteiger partial charge on any atom is -0.375 e. The molecule has 0 bridgehead atoms. The monoisotopic (exact) mass is 248 g/mol. The van der Waals surface area contributed by atoms with E-state index in [9.17, 15) is 0 Å². The van der Waals surface area contributed by atoms with E-state index in [2.05, 4.69) is 50.3 Å². The minimum absolute atomic E-state index is 0.650. The summed E-state index contributed by atoms with van der Waals surface area (Å²) in [7, 11) is 4.27. The fourth-order valence-corrected chi connectivity index (χ4v) is 2.76. The highest BCUT2D eigenvalue weighted by molar-refractivity contribution is 7.15. The van der Waals surface area contributed by atoms with Gasteiger partial charge in [-0.1, -0.05) is 41.2 Å². The first kappa shape index (κ1) is 12.1. The molecule has 90 valence electrons. The number of rotatable bonds is 3. The number of nitrogen functional groups attached to an aromatic ring is 1. The zero-order valence-corrected chi connectivity index (χ0v) is 11.3. The molecule has 2 rings (SSSR count). The number of hydrogen-bond acceptors (Lipinski definition) is 3. The van der Waals surface area contributed by atoms with Gasteiger partial charge in [0.15, 0.2) is 5.13 Å². The lowest BCUT2D eigenvalue weighted by atomic mass is 10.1. The van der Waals surface area contributed by atoms with Crippen molar-refractivity contribution >= 4 is 16.5 Å². The summed E-state index contributed by atoms with van der Waals surface area (Å²) >= 11 is 1.59. The topological polar surface area (TPSA) is 43.3 Å². The third-order valence-corrected chi connectivity index (χ3v) is 3.44. The molecule has 0 radical (unpaired) electrons. The van der Waals surface area contributed by atoms with Crippen molar-refractivity contribution in [1.29, 1.82) is 0 Å². The molecule has 0 aliphatic heterocycles. The third-order valence-electron chi connectivity index (χ3n) is 2.55.